The number of hydrogen-bond acceptors (Lipinski definition) is 2. The van der Waals surface area contributed by atoms with Crippen molar-refractivity contribution >= 4 is 22.3 Å². The minimum Gasteiger partial charge on any atom is -0.294 e. The fraction of sp³-hybridized carbons (Fsp3) is 0.478. The molecule has 0 aliphatic carbocycles. The number of fused-ring (bicyclic) bond motifs is 1. The van der Waals surface area contributed by atoms with Crippen molar-refractivity contribution in [1.82, 2.24) is 0 Å². The zero-order chi connectivity index (χ0) is 18.8. The Bertz CT molecular complexity index is 797. The maximum atomic E-state index is 12.8. The number of carbonyl (C=O) groups is 2. The Morgan fingerprint density at radius 3 is 1.60 bits per heavy atom. The first-order valence-electron chi connectivity index (χ1n) is 9.26. The highest BCUT2D eigenvalue weighted by molar-refractivity contribution is 6.05. The van der Waals surface area contributed by atoms with Crippen LogP contribution in [0.2, 0.25) is 0 Å². The summed E-state index contributed by atoms with van der Waals surface area (Å²) in [5.74, 6) is 0.352. The molecule has 0 aliphatic rings. The van der Waals surface area contributed by atoms with E-state index in [1.807, 2.05) is 71.0 Å². The van der Waals surface area contributed by atoms with E-state index in [9.17, 15) is 9.59 Å². The van der Waals surface area contributed by atoms with Gasteiger partial charge in [-0.3, -0.25) is 9.59 Å². The molecule has 0 aliphatic heterocycles. The molecular weight excluding hydrogens is 308 g/mol. The fourth-order valence-corrected chi connectivity index (χ4v) is 3.21. The smallest absolute Gasteiger partial charge is 0.168 e. The predicted molar refractivity (Wildman–Crippen MR) is 105 cm³/mol. The van der Waals surface area contributed by atoms with Crippen LogP contribution in [-0.4, -0.2) is 11.6 Å². The van der Waals surface area contributed by atoms with Gasteiger partial charge in [0.1, 0.15) is 0 Å². The number of rotatable bonds is 7. The Hall–Kier alpha value is -1.96. The molecule has 0 bridgehead atoms. The normalized spacial score (nSPS) is 12.4. The van der Waals surface area contributed by atoms with E-state index in [4.69, 9.17) is 0 Å². The molecule has 0 aromatic heterocycles. The molecular formula is C23H30O2. The monoisotopic (exact) mass is 338 g/mol. The van der Waals surface area contributed by atoms with Crippen molar-refractivity contribution in [1.29, 1.82) is 0 Å². The van der Waals surface area contributed by atoms with Gasteiger partial charge >= 0.3 is 0 Å². The van der Waals surface area contributed by atoms with Crippen LogP contribution in [0.15, 0.2) is 36.4 Å². The third-order valence-corrected chi connectivity index (χ3v) is 5.35. The fourth-order valence-electron chi connectivity index (χ4n) is 3.21. The van der Waals surface area contributed by atoms with Crippen molar-refractivity contribution < 1.29 is 9.59 Å². The predicted octanol–water partition coefficient (Wildman–Crippen LogP) is 6.47. The molecule has 0 atom stereocenters. The van der Waals surface area contributed by atoms with Gasteiger partial charge in [0.05, 0.1) is 0 Å². The number of benzene rings is 2. The Kier molecular flexibility index (Phi) is 5.51. The molecule has 2 heteroatoms. The minimum atomic E-state index is -0.353. The molecule has 0 saturated carbocycles. The van der Waals surface area contributed by atoms with Gasteiger partial charge in [-0.1, -0.05) is 72.2 Å². The second-order valence-electron chi connectivity index (χ2n) is 8.31. The number of ketones is 2. The third kappa shape index (κ3) is 4.00. The molecule has 25 heavy (non-hydrogen) atoms. The summed E-state index contributed by atoms with van der Waals surface area (Å²) < 4.78 is 0. The van der Waals surface area contributed by atoms with Crippen LogP contribution in [0.25, 0.3) is 10.8 Å². The topological polar surface area (TPSA) is 34.1 Å². The number of carbonyl (C=O) groups excluding carboxylic acids is 2. The summed E-state index contributed by atoms with van der Waals surface area (Å²) in [6, 6.07) is 11.6. The van der Waals surface area contributed by atoms with E-state index >= 15 is 0 Å². The molecule has 0 radical (unpaired) electrons. The number of hydrogen-bond donors (Lipinski definition) is 0. The molecule has 0 heterocycles. The summed E-state index contributed by atoms with van der Waals surface area (Å²) >= 11 is 0. The quantitative estimate of drug-likeness (QED) is 0.542. The van der Waals surface area contributed by atoms with Crippen LogP contribution in [0.5, 0.6) is 0 Å². The van der Waals surface area contributed by atoms with Crippen LogP contribution in [0, 0.1) is 10.8 Å². The average molecular weight is 338 g/mol. The van der Waals surface area contributed by atoms with Gasteiger partial charge < -0.3 is 0 Å². The molecule has 2 aromatic carbocycles. The van der Waals surface area contributed by atoms with Crippen LogP contribution in [-0.2, 0) is 0 Å². The van der Waals surface area contributed by atoms with Crippen LogP contribution < -0.4 is 0 Å². The summed E-state index contributed by atoms with van der Waals surface area (Å²) in [5.41, 5.74) is 0.792. The van der Waals surface area contributed by atoms with Crippen LogP contribution in [0.1, 0.15) is 81.5 Å². The Morgan fingerprint density at radius 2 is 1.20 bits per heavy atom. The van der Waals surface area contributed by atoms with Crippen molar-refractivity contribution in [2.24, 2.45) is 10.8 Å². The first-order chi connectivity index (χ1) is 11.6. The van der Waals surface area contributed by atoms with Crippen molar-refractivity contribution in [3.8, 4) is 0 Å². The first kappa shape index (κ1) is 19.4. The standard InChI is InChI=1S/C23H30O2/c1-7-13-23(5,6)21(25)19-12-10-16-14-18(11-9-17(16)15-19)20(24)22(3,4)8-2/h9-12,14-15H,7-8,13H2,1-6H3. The molecule has 134 valence electrons. The lowest BCUT2D eigenvalue weighted by Gasteiger charge is -2.23. The summed E-state index contributed by atoms with van der Waals surface area (Å²) in [7, 11) is 0. The van der Waals surface area contributed by atoms with E-state index in [0.717, 1.165) is 41.2 Å². The van der Waals surface area contributed by atoms with E-state index in [0.29, 0.717) is 0 Å². The van der Waals surface area contributed by atoms with Gasteiger partial charge in [-0.05, 0) is 35.7 Å². The van der Waals surface area contributed by atoms with E-state index in [1.54, 1.807) is 0 Å². The lowest BCUT2D eigenvalue weighted by atomic mass is 9.79. The van der Waals surface area contributed by atoms with Crippen molar-refractivity contribution in [2.45, 2.75) is 60.8 Å². The van der Waals surface area contributed by atoms with Gasteiger partial charge in [-0.15, -0.1) is 0 Å². The van der Waals surface area contributed by atoms with Gasteiger partial charge in [-0.25, -0.2) is 0 Å². The maximum Gasteiger partial charge on any atom is 0.168 e. The molecule has 2 nitrogen and oxygen atoms in total. The summed E-state index contributed by atoms with van der Waals surface area (Å²) in [6.07, 6.45) is 2.68. The summed E-state index contributed by atoms with van der Waals surface area (Å²) in [5, 5.41) is 2.01. The Balaban J connectivity index is 2.39. The lowest BCUT2D eigenvalue weighted by Crippen LogP contribution is -2.24. The van der Waals surface area contributed by atoms with Crippen LogP contribution in [0.4, 0.5) is 0 Å². The van der Waals surface area contributed by atoms with E-state index in [1.165, 1.54) is 0 Å². The average Bonchev–Trinajstić information content (AvgIpc) is 2.59. The molecule has 0 saturated heterocycles. The van der Waals surface area contributed by atoms with Crippen LogP contribution >= 0.6 is 0 Å². The highest BCUT2D eigenvalue weighted by Gasteiger charge is 2.28. The number of Topliss-reactive ketones (excluding diaryl/α,β-unsaturated/α-hetero) is 2. The van der Waals surface area contributed by atoms with Crippen molar-refractivity contribution in [3.63, 3.8) is 0 Å². The molecule has 2 rings (SSSR count). The second kappa shape index (κ2) is 7.11. The van der Waals surface area contributed by atoms with E-state index < -0.39 is 0 Å². The van der Waals surface area contributed by atoms with Crippen molar-refractivity contribution in [3.05, 3.63) is 47.5 Å². The van der Waals surface area contributed by atoms with Gasteiger partial charge in [-0.2, -0.15) is 0 Å². The molecule has 0 fully saturated rings. The third-order valence-electron chi connectivity index (χ3n) is 5.35. The minimum absolute atomic E-state index is 0.168. The zero-order valence-electron chi connectivity index (χ0n) is 16.4. The van der Waals surface area contributed by atoms with Gasteiger partial charge in [0.2, 0.25) is 0 Å². The van der Waals surface area contributed by atoms with Crippen LogP contribution in [0.3, 0.4) is 0 Å². The Labute approximate surface area is 151 Å². The largest absolute Gasteiger partial charge is 0.294 e. The van der Waals surface area contributed by atoms with Gasteiger partial charge in [0.25, 0.3) is 0 Å². The molecule has 0 unspecified atom stereocenters. The van der Waals surface area contributed by atoms with E-state index in [-0.39, 0.29) is 22.4 Å². The van der Waals surface area contributed by atoms with Gasteiger partial charge in [0, 0.05) is 22.0 Å². The van der Waals surface area contributed by atoms with Crippen molar-refractivity contribution in [2.75, 3.05) is 0 Å². The molecule has 2 aromatic rings. The lowest BCUT2D eigenvalue weighted by molar-refractivity contribution is 0.0822. The first-order valence-corrected chi connectivity index (χ1v) is 9.26. The maximum absolute atomic E-state index is 12.8. The summed E-state index contributed by atoms with van der Waals surface area (Å²) in [6.45, 7) is 12.1. The highest BCUT2D eigenvalue weighted by Crippen LogP contribution is 2.30. The second-order valence-corrected chi connectivity index (χ2v) is 8.31. The molecule has 0 N–H and O–H groups in total. The summed E-state index contributed by atoms with van der Waals surface area (Å²) in [4.78, 5) is 25.5. The molecule has 0 spiro atoms. The SMILES string of the molecule is CCCC(C)(C)C(=O)c1ccc2cc(C(=O)C(C)(C)CC)ccc2c1. The highest BCUT2D eigenvalue weighted by atomic mass is 16.1. The zero-order valence-corrected chi connectivity index (χ0v) is 16.4. The Morgan fingerprint density at radius 1 is 0.760 bits per heavy atom. The van der Waals surface area contributed by atoms with E-state index in [2.05, 4.69) is 6.92 Å². The molecule has 0 amide bonds. The van der Waals surface area contributed by atoms with Gasteiger partial charge in [0.15, 0.2) is 11.6 Å².